The molecule has 0 bridgehead atoms. The molecule has 0 unspecified atom stereocenters. The van der Waals surface area contributed by atoms with E-state index in [9.17, 15) is 9.59 Å². The number of hydrogen-bond acceptors (Lipinski definition) is 3. The van der Waals surface area contributed by atoms with Crippen LogP contribution in [0.3, 0.4) is 0 Å². The Kier molecular flexibility index (Phi) is 4.57. The van der Waals surface area contributed by atoms with Crippen LogP contribution in [0.4, 0.5) is 5.69 Å². The highest BCUT2D eigenvalue weighted by molar-refractivity contribution is 6.06. The number of nitrogens with zero attached hydrogens (tertiary/aromatic N) is 2. The van der Waals surface area contributed by atoms with Gasteiger partial charge in [-0.3, -0.25) is 4.79 Å². The lowest BCUT2D eigenvalue weighted by atomic mass is 9.94. The minimum Gasteiger partial charge on any atom is -0.478 e. The molecule has 2 heterocycles. The Balaban J connectivity index is 1.94. The number of aromatic nitrogens is 1. The molecule has 0 radical (unpaired) electrons. The van der Waals surface area contributed by atoms with Crippen molar-refractivity contribution in [3.63, 3.8) is 0 Å². The normalized spacial score (nSPS) is 13.7. The highest BCUT2D eigenvalue weighted by atomic mass is 16.4. The number of pyridine rings is 1. The topological polar surface area (TPSA) is 70.5 Å². The minimum atomic E-state index is -1.03. The van der Waals surface area contributed by atoms with Gasteiger partial charge in [0.2, 0.25) is 0 Å². The molecule has 0 aliphatic carbocycles. The van der Waals surface area contributed by atoms with Crippen LogP contribution >= 0.6 is 0 Å². The largest absolute Gasteiger partial charge is 0.478 e. The maximum absolute atomic E-state index is 12.9. The summed E-state index contributed by atoms with van der Waals surface area (Å²) in [5, 5.41) is 9.11. The number of fused-ring (bicyclic) bond motifs is 1. The van der Waals surface area contributed by atoms with Crippen molar-refractivity contribution < 1.29 is 14.7 Å². The SMILES string of the molecule is Cc1nc(C(=O)N2CCCc3cc(C(C)C)ccc32)ccc1C(=O)O. The number of anilines is 1. The number of carboxylic acids is 1. The van der Waals surface area contributed by atoms with Gasteiger partial charge in [-0.1, -0.05) is 26.0 Å². The fraction of sp³-hybridized carbons (Fsp3) is 0.350. The molecule has 25 heavy (non-hydrogen) atoms. The summed E-state index contributed by atoms with van der Waals surface area (Å²) in [6.45, 7) is 6.57. The number of benzene rings is 1. The van der Waals surface area contributed by atoms with Crippen molar-refractivity contribution in [2.24, 2.45) is 0 Å². The van der Waals surface area contributed by atoms with Crippen LogP contribution in [0.2, 0.25) is 0 Å². The van der Waals surface area contributed by atoms with Gasteiger partial charge in [0.1, 0.15) is 5.69 Å². The number of aromatic carboxylic acids is 1. The van der Waals surface area contributed by atoms with E-state index in [1.165, 1.54) is 23.3 Å². The second-order valence-corrected chi connectivity index (χ2v) is 6.74. The van der Waals surface area contributed by atoms with Crippen LogP contribution in [0, 0.1) is 6.92 Å². The maximum Gasteiger partial charge on any atom is 0.337 e. The first-order chi connectivity index (χ1) is 11.9. The Bertz CT molecular complexity index is 843. The lowest BCUT2D eigenvalue weighted by Crippen LogP contribution is -2.36. The van der Waals surface area contributed by atoms with Crippen molar-refractivity contribution in [3.8, 4) is 0 Å². The summed E-state index contributed by atoms with van der Waals surface area (Å²) >= 11 is 0. The summed E-state index contributed by atoms with van der Waals surface area (Å²) in [7, 11) is 0. The van der Waals surface area contributed by atoms with E-state index in [0.29, 0.717) is 18.2 Å². The maximum atomic E-state index is 12.9. The first kappa shape index (κ1) is 17.1. The number of carbonyl (C=O) groups excluding carboxylic acids is 1. The van der Waals surface area contributed by atoms with Gasteiger partial charge in [0.05, 0.1) is 11.3 Å². The van der Waals surface area contributed by atoms with Gasteiger partial charge in [0.15, 0.2) is 0 Å². The summed E-state index contributed by atoms with van der Waals surface area (Å²) < 4.78 is 0. The molecule has 3 rings (SSSR count). The van der Waals surface area contributed by atoms with Gasteiger partial charge >= 0.3 is 5.97 Å². The predicted molar refractivity (Wildman–Crippen MR) is 96.5 cm³/mol. The van der Waals surface area contributed by atoms with E-state index in [2.05, 4.69) is 31.0 Å². The Morgan fingerprint density at radius 2 is 1.96 bits per heavy atom. The third-order valence-electron chi connectivity index (χ3n) is 4.67. The average Bonchev–Trinajstić information content (AvgIpc) is 2.59. The van der Waals surface area contributed by atoms with E-state index in [4.69, 9.17) is 5.11 Å². The second-order valence-electron chi connectivity index (χ2n) is 6.74. The van der Waals surface area contributed by atoms with Gasteiger partial charge in [0, 0.05) is 12.2 Å². The molecule has 0 saturated heterocycles. The van der Waals surface area contributed by atoms with E-state index >= 15 is 0 Å². The van der Waals surface area contributed by atoms with Gasteiger partial charge < -0.3 is 10.0 Å². The van der Waals surface area contributed by atoms with E-state index in [-0.39, 0.29) is 17.2 Å². The molecule has 0 saturated carbocycles. The van der Waals surface area contributed by atoms with Crippen molar-refractivity contribution in [3.05, 3.63) is 58.4 Å². The smallest absolute Gasteiger partial charge is 0.337 e. The standard InChI is InChI=1S/C20H22N2O3/c1-12(2)14-6-9-18-15(11-14)5-4-10-22(18)19(23)17-8-7-16(20(24)25)13(3)21-17/h6-9,11-12H,4-5,10H2,1-3H3,(H,24,25). The number of amides is 1. The second kappa shape index (κ2) is 6.67. The Morgan fingerprint density at radius 3 is 2.60 bits per heavy atom. The van der Waals surface area contributed by atoms with Gasteiger partial charge in [0.25, 0.3) is 5.91 Å². The van der Waals surface area contributed by atoms with E-state index in [0.717, 1.165) is 18.5 Å². The molecular weight excluding hydrogens is 316 g/mol. The van der Waals surface area contributed by atoms with Gasteiger partial charge in [-0.2, -0.15) is 0 Å². The van der Waals surface area contributed by atoms with Crippen molar-refractivity contribution in [1.82, 2.24) is 4.98 Å². The third kappa shape index (κ3) is 3.27. The number of aryl methyl sites for hydroxylation is 2. The molecule has 0 fully saturated rings. The fourth-order valence-electron chi connectivity index (χ4n) is 3.23. The third-order valence-corrected chi connectivity index (χ3v) is 4.67. The molecule has 5 nitrogen and oxygen atoms in total. The molecule has 2 aromatic rings. The zero-order valence-corrected chi connectivity index (χ0v) is 14.7. The van der Waals surface area contributed by atoms with Crippen LogP contribution < -0.4 is 4.90 Å². The molecule has 1 aliphatic heterocycles. The van der Waals surface area contributed by atoms with Crippen molar-refractivity contribution in [2.75, 3.05) is 11.4 Å². The van der Waals surface area contributed by atoms with E-state index in [1.54, 1.807) is 11.8 Å². The lowest BCUT2D eigenvalue weighted by molar-refractivity contribution is 0.0695. The monoisotopic (exact) mass is 338 g/mol. The van der Waals surface area contributed by atoms with Gasteiger partial charge in [-0.15, -0.1) is 0 Å². The fourth-order valence-corrected chi connectivity index (χ4v) is 3.23. The van der Waals surface area contributed by atoms with Crippen LogP contribution in [0.25, 0.3) is 0 Å². The Hall–Kier alpha value is -2.69. The molecule has 0 atom stereocenters. The Morgan fingerprint density at radius 1 is 1.20 bits per heavy atom. The zero-order valence-electron chi connectivity index (χ0n) is 14.7. The number of rotatable bonds is 3. The molecule has 1 N–H and O–H groups in total. The molecule has 5 heteroatoms. The zero-order chi connectivity index (χ0) is 18.1. The molecule has 1 aromatic carbocycles. The van der Waals surface area contributed by atoms with Crippen LogP contribution in [0.1, 0.15) is 63.9 Å². The number of carboxylic acid groups (broad SMARTS) is 1. The van der Waals surface area contributed by atoms with Crippen molar-refractivity contribution in [2.45, 2.75) is 39.5 Å². The van der Waals surface area contributed by atoms with Crippen molar-refractivity contribution >= 4 is 17.6 Å². The highest BCUT2D eigenvalue weighted by Crippen LogP contribution is 2.31. The van der Waals surface area contributed by atoms with Crippen LogP contribution in [0.5, 0.6) is 0 Å². The molecule has 1 amide bonds. The highest BCUT2D eigenvalue weighted by Gasteiger charge is 2.25. The summed E-state index contributed by atoms with van der Waals surface area (Å²) in [6, 6.07) is 9.22. The van der Waals surface area contributed by atoms with Crippen molar-refractivity contribution in [1.29, 1.82) is 0 Å². The number of hydrogen-bond donors (Lipinski definition) is 1. The van der Waals surface area contributed by atoms with E-state index in [1.807, 2.05) is 6.07 Å². The summed E-state index contributed by atoms with van der Waals surface area (Å²) in [4.78, 5) is 30.0. The molecule has 130 valence electrons. The number of carbonyl (C=O) groups is 2. The Labute approximate surface area is 147 Å². The predicted octanol–water partition coefficient (Wildman–Crippen LogP) is 3.80. The molecule has 0 spiro atoms. The summed E-state index contributed by atoms with van der Waals surface area (Å²) in [6.07, 6.45) is 1.87. The lowest BCUT2D eigenvalue weighted by Gasteiger charge is -2.30. The van der Waals surface area contributed by atoms with E-state index < -0.39 is 5.97 Å². The minimum absolute atomic E-state index is 0.122. The molecule has 1 aliphatic rings. The van der Waals surface area contributed by atoms with Gasteiger partial charge in [-0.25, -0.2) is 9.78 Å². The van der Waals surface area contributed by atoms with Crippen LogP contribution in [-0.2, 0) is 6.42 Å². The quantitative estimate of drug-likeness (QED) is 0.924. The first-order valence-electron chi connectivity index (χ1n) is 8.54. The summed E-state index contributed by atoms with van der Waals surface area (Å²) in [5.74, 6) is -0.768. The molecular formula is C20H22N2O3. The van der Waals surface area contributed by atoms with Crippen LogP contribution in [-0.4, -0.2) is 28.5 Å². The van der Waals surface area contributed by atoms with Crippen LogP contribution in [0.15, 0.2) is 30.3 Å². The first-order valence-corrected chi connectivity index (χ1v) is 8.54. The average molecular weight is 338 g/mol. The molecule has 1 aromatic heterocycles. The van der Waals surface area contributed by atoms with Gasteiger partial charge in [-0.05, 0) is 55.0 Å². The summed E-state index contributed by atoms with van der Waals surface area (Å²) in [5.41, 5.74) is 4.14.